The smallest absolute Gasteiger partial charge is 0.295 e. The Bertz CT molecular complexity index is 713. The van der Waals surface area contributed by atoms with Crippen LogP contribution in [0.2, 0.25) is 0 Å². The quantitative estimate of drug-likeness (QED) is 0.511. The van der Waals surface area contributed by atoms with Gasteiger partial charge in [-0.15, -0.1) is 0 Å². The topological polar surface area (TPSA) is 17.1 Å². The van der Waals surface area contributed by atoms with Gasteiger partial charge in [0.25, 0.3) is 0 Å². The zero-order valence-corrected chi connectivity index (χ0v) is 13.5. The Labute approximate surface area is 137 Å². The zero-order chi connectivity index (χ0) is 17.0. The van der Waals surface area contributed by atoms with E-state index in [9.17, 15) is 18.0 Å². The van der Waals surface area contributed by atoms with Gasteiger partial charge >= 0.3 is 6.18 Å². The van der Waals surface area contributed by atoms with Crippen LogP contribution in [0.25, 0.3) is 4.91 Å². The Balaban J connectivity index is 2.36. The maximum Gasteiger partial charge on any atom is 0.410 e. The molecule has 0 aromatic heterocycles. The number of alkyl halides is 3. The van der Waals surface area contributed by atoms with E-state index in [2.05, 4.69) is 0 Å². The van der Waals surface area contributed by atoms with E-state index >= 15 is 0 Å². The molecule has 0 aliphatic heterocycles. The summed E-state index contributed by atoms with van der Waals surface area (Å²) in [5.41, 5.74) is 1.94. The van der Waals surface area contributed by atoms with Crippen LogP contribution in [0.1, 0.15) is 28.4 Å². The summed E-state index contributed by atoms with van der Waals surface area (Å²) in [7, 11) is 0. The SMILES string of the molecule is CC(=O)c1ccc(/C(=C\C(F)(F)F)Sc2ccc(C)cc2)cc1. The highest BCUT2D eigenvalue weighted by Crippen LogP contribution is 2.37. The van der Waals surface area contributed by atoms with Gasteiger partial charge in [-0.25, -0.2) is 0 Å². The number of hydrogen-bond donors (Lipinski definition) is 0. The van der Waals surface area contributed by atoms with E-state index in [1.165, 1.54) is 31.2 Å². The maximum absolute atomic E-state index is 12.8. The van der Waals surface area contributed by atoms with Gasteiger partial charge in [-0.05, 0) is 31.5 Å². The van der Waals surface area contributed by atoms with Gasteiger partial charge in [0.1, 0.15) is 0 Å². The molecule has 5 heteroatoms. The first-order valence-corrected chi connectivity index (χ1v) is 7.72. The van der Waals surface area contributed by atoms with Crippen molar-refractivity contribution in [2.45, 2.75) is 24.9 Å². The zero-order valence-electron chi connectivity index (χ0n) is 12.6. The van der Waals surface area contributed by atoms with Crippen molar-refractivity contribution >= 4 is 22.5 Å². The molecule has 0 amide bonds. The first-order valence-electron chi connectivity index (χ1n) is 6.90. The number of aryl methyl sites for hydroxylation is 1. The van der Waals surface area contributed by atoms with Crippen molar-refractivity contribution in [1.29, 1.82) is 0 Å². The van der Waals surface area contributed by atoms with Crippen LogP contribution in [-0.4, -0.2) is 12.0 Å². The number of rotatable bonds is 4. The summed E-state index contributed by atoms with van der Waals surface area (Å²) in [5, 5.41) is 0. The number of allylic oxidation sites excluding steroid dienone is 1. The van der Waals surface area contributed by atoms with E-state index in [-0.39, 0.29) is 10.7 Å². The molecule has 2 rings (SSSR count). The lowest BCUT2D eigenvalue weighted by Gasteiger charge is -2.10. The van der Waals surface area contributed by atoms with Crippen LogP contribution < -0.4 is 0 Å². The Kier molecular flexibility index (Phi) is 5.31. The van der Waals surface area contributed by atoms with E-state index in [0.717, 1.165) is 22.2 Å². The Hall–Kier alpha value is -2.01. The first kappa shape index (κ1) is 17.3. The van der Waals surface area contributed by atoms with E-state index in [0.29, 0.717) is 17.2 Å². The van der Waals surface area contributed by atoms with Crippen LogP contribution in [0, 0.1) is 6.92 Å². The third kappa shape index (κ3) is 5.28. The van der Waals surface area contributed by atoms with Crippen LogP contribution in [0.4, 0.5) is 13.2 Å². The minimum absolute atomic E-state index is 0.0939. The second-order valence-electron chi connectivity index (χ2n) is 5.10. The molecule has 1 nitrogen and oxygen atoms in total. The molecule has 0 bridgehead atoms. The molecule has 0 saturated carbocycles. The largest absolute Gasteiger partial charge is 0.410 e. The van der Waals surface area contributed by atoms with Crippen molar-refractivity contribution in [3.8, 4) is 0 Å². The van der Waals surface area contributed by atoms with Crippen molar-refractivity contribution < 1.29 is 18.0 Å². The number of benzene rings is 2. The monoisotopic (exact) mass is 336 g/mol. The molecule has 2 aromatic carbocycles. The van der Waals surface area contributed by atoms with Crippen molar-refractivity contribution in [2.75, 3.05) is 0 Å². The van der Waals surface area contributed by atoms with Crippen LogP contribution in [0.15, 0.2) is 59.5 Å². The molecule has 0 unspecified atom stereocenters. The summed E-state index contributed by atoms with van der Waals surface area (Å²) in [6, 6.07) is 13.4. The molecular weight excluding hydrogens is 321 g/mol. The number of halogens is 3. The Morgan fingerprint density at radius 2 is 1.48 bits per heavy atom. The molecule has 0 N–H and O–H groups in total. The minimum Gasteiger partial charge on any atom is -0.295 e. The highest BCUT2D eigenvalue weighted by Gasteiger charge is 2.25. The van der Waals surface area contributed by atoms with Crippen LogP contribution in [0.3, 0.4) is 0 Å². The van der Waals surface area contributed by atoms with Gasteiger partial charge in [0.05, 0.1) is 0 Å². The van der Waals surface area contributed by atoms with Gasteiger partial charge in [-0.2, -0.15) is 13.2 Å². The lowest BCUT2D eigenvalue weighted by Crippen LogP contribution is -2.02. The van der Waals surface area contributed by atoms with Gasteiger partial charge < -0.3 is 0 Å². The number of hydrogen-bond acceptors (Lipinski definition) is 2. The summed E-state index contributed by atoms with van der Waals surface area (Å²) >= 11 is 1.05. The highest BCUT2D eigenvalue weighted by molar-refractivity contribution is 8.08. The highest BCUT2D eigenvalue weighted by atomic mass is 32.2. The summed E-state index contributed by atoms with van der Waals surface area (Å²) in [6.45, 7) is 3.34. The van der Waals surface area contributed by atoms with Crippen LogP contribution in [-0.2, 0) is 0 Å². The lowest BCUT2D eigenvalue weighted by molar-refractivity contribution is -0.0791. The van der Waals surface area contributed by atoms with Crippen molar-refractivity contribution in [2.24, 2.45) is 0 Å². The molecule has 0 aliphatic rings. The standard InChI is InChI=1S/C18H15F3OS/c1-12-3-9-16(10-4-12)23-17(11-18(19,20)21)15-7-5-14(6-8-15)13(2)22/h3-11H,1-2H3/b17-11+. The second-order valence-corrected chi connectivity index (χ2v) is 6.21. The van der Waals surface area contributed by atoms with E-state index in [4.69, 9.17) is 0 Å². The molecular formula is C18H15F3OS. The first-order chi connectivity index (χ1) is 10.7. The molecule has 0 saturated heterocycles. The minimum atomic E-state index is -4.41. The molecule has 0 heterocycles. The van der Waals surface area contributed by atoms with Crippen LogP contribution >= 0.6 is 11.8 Å². The molecule has 0 spiro atoms. The van der Waals surface area contributed by atoms with E-state index in [1.807, 2.05) is 19.1 Å². The second kappa shape index (κ2) is 7.04. The molecule has 0 fully saturated rings. The molecule has 23 heavy (non-hydrogen) atoms. The normalized spacial score (nSPS) is 12.3. The fourth-order valence-electron chi connectivity index (χ4n) is 1.92. The maximum atomic E-state index is 12.8. The van der Waals surface area contributed by atoms with Crippen molar-refractivity contribution in [3.63, 3.8) is 0 Å². The fourth-order valence-corrected chi connectivity index (χ4v) is 2.90. The molecule has 0 radical (unpaired) electrons. The number of ketones is 1. The van der Waals surface area contributed by atoms with Crippen molar-refractivity contribution in [1.82, 2.24) is 0 Å². The van der Waals surface area contributed by atoms with E-state index in [1.54, 1.807) is 12.1 Å². The summed E-state index contributed by atoms with van der Waals surface area (Å²) in [4.78, 5) is 12.1. The number of carbonyl (C=O) groups excluding carboxylic acids is 1. The molecule has 120 valence electrons. The Morgan fingerprint density at radius 1 is 0.957 bits per heavy atom. The van der Waals surface area contributed by atoms with E-state index < -0.39 is 6.18 Å². The van der Waals surface area contributed by atoms with Gasteiger partial charge in [-0.1, -0.05) is 53.7 Å². The number of Topliss-reactive ketones (excluding diaryl/α,β-unsaturated/α-hetero) is 1. The molecule has 0 aliphatic carbocycles. The molecule has 0 atom stereocenters. The van der Waals surface area contributed by atoms with Crippen LogP contribution in [0.5, 0.6) is 0 Å². The molecule has 2 aromatic rings. The predicted octanol–water partition coefficient (Wildman–Crippen LogP) is 5.89. The lowest BCUT2D eigenvalue weighted by atomic mass is 10.1. The van der Waals surface area contributed by atoms with Gasteiger partial charge in [-0.3, -0.25) is 4.79 Å². The van der Waals surface area contributed by atoms with Crippen molar-refractivity contribution in [3.05, 3.63) is 71.3 Å². The fraction of sp³-hybridized carbons (Fsp3) is 0.167. The van der Waals surface area contributed by atoms with Gasteiger partial charge in [0, 0.05) is 21.4 Å². The van der Waals surface area contributed by atoms with Gasteiger partial charge in [0.15, 0.2) is 5.78 Å². The van der Waals surface area contributed by atoms with Gasteiger partial charge in [0.2, 0.25) is 0 Å². The number of carbonyl (C=O) groups is 1. The summed E-state index contributed by atoms with van der Waals surface area (Å²) < 4.78 is 38.5. The average molecular weight is 336 g/mol. The summed E-state index contributed by atoms with van der Waals surface area (Å²) in [6.07, 6.45) is -4.12. The summed E-state index contributed by atoms with van der Waals surface area (Å²) in [5.74, 6) is -0.121. The third-order valence-corrected chi connectivity index (χ3v) is 4.20. The number of thioether (sulfide) groups is 1. The Morgan fingerprint density at radius 3 is 1.96 bits per heavy atom. The average Bonchev–Trinajstić information content (AvgIpc) is 2.47. The predicted molar refractivity (Wildman–Crippen MR) is 87.5 cm³/mol. The third-order valence-electron chi connectivity index (χ3n) is 3.12.